The fraction of sp³-hybridized carbons (Fsp3) is 0.438. The molecule has 0 bridgehead atoms. The largest absolute Gasteiger partial charge is 0.491 e. The van der Waals surface area contributed by atoms with E-state index in [0.29, 0.717) is 13.2 Å². The van der Waals surface area contributed by atoms with Crippen molar-refractivity contribution in [2.24, 2.45) is 7.05 Å². The molecule has 0 fully saturated rings. The maximum atomic E-state index is 9.87. The summed E-state index contributed by atoms with van der Waals surface area (Å²) in [5, 5.41) is 17.4. The topological polar surface area (TPSA) is 59.3 Å². The molecule has 0 radical (unpaired) electrons. The summed E-state index contributed by atoms with van der Waals surface area (Å²) in [6, 6.07) is 9.82. The van der Waals surface area contributed by atoms with E-state index >= 15 is 0 Å². The lowest BCUT2D eigenvalue weighted by Crippen LogP contribution is -2.32. The quantitative estimate of drug-likeness (QED) is 0.719. The van der Waals surface area contributed by atoms with Crippen LogP contribution in [0.2, 0.25) is 0 Å². The molecule has 5 heteroatoms. The fourth-order valence-corrected chi connectivity index (χ4v) is 2.04. The van der Waals surface area contributed by atoms with Crippen molar-refractivity contribution in [1.82, 2.24) is 15.1 Å². The van der Waals surface area contributed by atoms with Crippen molar-refractivity contribution in [1.29, 1.82) is 0 Å². The smallest absolute Gasteiger partial charge is 0.119 e. The van der Waals surface area contributed by atoms with Gasteiger partial charge < -0.3 is 15.2 Å². The standard InChI is InChI=1S/C16H23N3O2/c1-13-4-3-5-16(10-13)21-12-15(20)11-17-8-6-14-7-9-19(2)18-14/h3-5,7,9-10,15,17,20H,6,8,11-12H2,1-2H3. The Kier molecular flexibility index (Phi) is 5.78. The number of rotatable bonds is 8. The van der Waals surface area contributed by atoms with Gasteiger partial charge in [0.05, 0.1) is 5.69 Å². The van der Waals surface area contributed by atoms with Crippen molar-refractivity contribution in [3.05, 3.63) is 47.8 Å². The Bertz CT molecular complexity index is 554. The maximum absolute atomic E-state index is 9.87. The molecule has 1 heterocycles. The first kappa shape index (κ1) is 15.5. The van der Waals surface area contributed by atoms with Gasteiger partial charge in [0.25, 0.3) is 0 Å². The van der Waals surface area contributed by atoms with Crippen LogP contribution in [-0.2, 0) is 13.5 Å². The molecular weight excluding hydrogens is 266 g/mol. The van der Waals surface area contributed by atoms with E-state index in [1.54, 1.807) is 4.68 Å². The Labute approximate surface area is 125 Å². The average molecular weight is 289 g/mol. The maximum Gasteiger partial charge on any atom is 0.119 e. The van der Waals surface area contributed by atoms with Crippen LogP contribution in [0.15, 0.2) is 36.5 Å². The molecule has 0 aliphatic heterocycles. The molecule has 0 spiro atoms. The summed E-state index contributed by atoms with van der Waals surface area (Å²) < 4.78 is 7.35. The van der Waals surface area contributed by atoms with Gasteiger partial charge in [-0.25, -0.2) is 0 Å². The zero-order valence-corrected chi connectivity index (χ0v) is 12.6. The lowest BCUT2D eigenvalue weighted by Gasteiger charge is -2.13. The SMILES string of the molecule is Cc1cccc(OCC(O)CNCCc2ccn(C)n2)c1. The molecular formula is C16H23N3O2. The van der Waals surface area contributed by atoms with Crippen LogP contribution < -0.4 is 10.1 Å². The molecule has 21 heavy (non-hydrogen) atoms. The number of aliphatic hydroxyl groups excluding tert-OH is 1. The van der Waals surface area contributed by atoms with Crippen LogP contribution in [0.3, 0.4) is 0 Å². The summed E-state index contributed by atoms with van der Waals surface area (Å²) in [6.07, 6.45) is 2.26. The first-order chi connectivity index (χ1) is 10.1. The first-order valence-electron chi connectivity index (χ1n) is 7.20. The fourth-order valence-electron chi connectivity index (χ4n) is 2.04. The van der Waals surface area contributed by atoms with Gasteiger partial charge in [-0.05, 0) is 30.7 Å². The Morgan fingerprint density at radius 1 is 1.38 bits per heavy atom. The van der Waals surface area contributed by atoms with Gasteiger partial charge in [-0.2, -0.15) is 5.10 Å². The Balaban J connectivity index is 1.60. The van der Waals surface area contributed by atoms with Gasteiger partial charge in [-0.15, -0.1) is 0 Å². The molecule has 0 saturated carbocycles. The minimum absolute atomic E-state index is 0.292. The lowest BCUT2D eigenvalue weighted by molar-refractivity contribution is 0.106. The molecule has 2 aromatic rings. The van der Waals surface area contributed by atoms with Gasteiger partial charge in [0, 0.05) is 32.8 Å². The number of aromatic nitrogens is 2. The lowest BCUT2D eigenvalue weighted by atomic mass is 10.2. The predicted octanol–water partition coefficient (Wildman–Crippen LogP) is 1.30. The molecule has 0 amide bonds. The van der Waals surface area contributed by atoms with E-state index in [-0.39, 0.29) is 0 Å². The van der Waals surface area contributed by atoms with Crippen molar-refractivity contribution in [3.63, 3.8) is 0 Å². The second-order valence-electron chi connectivity index (χ2n) is 5.22. The van der Waals surface area contributed by atoms with Crippen LogP contribution in [0.1, 0.15) is 11.3 Å². The normalized spacial score (nSPS) is 12.3. The van der Waals surface area contributed by atoms with E-state index in [4.69, 9.17) is 4.74 Å². The van der Waals surface area contributed by atoms with Gasteiger partial charge in [0.1, 0.15) is 18.5 Å². The summed E-state index contributed by atoms with van der Waals surface area (Å²) in [5.74, 6) is 0.794. The van der Waals surface area contributed by atoms with Gasteiger partial charge >= 0.3 is 0 Å². The summed E-state index contributed by atoms with van der Waals surface area (Å²) in [4.78, 5) is 0. The minimum atomic E-state index is -0.519. The van der Waals surface area contributed by atoms with Crippen molar-refractivity contribution in [2.75, 3.05) is 19.7 Å². The van der Waals surface area contributed by atoms with E-state index in [0.717, 1.165) is 30.0 Å². The number of nitrogens with zero attached hydrogens (tertiary/aromatic N) is 2. The van der Waals surface area contributed by atoms with Crippen molar-refractivity contribution < 1.29 is 9.84 Å². The highest BCUT2D eigenvalue weighted by molar-refractivity contribution is 5.27. The molecule has 1 aromatic heterocycles. The van der Waals surface area contributed by atoms with Crippen LogP contribution >= 0.6 is 0 Å². The van der Waals surface area contributed by atoms with E-state index in [1.165, 1.54) is 0 Å². The highest BCUT2D eigenvalue weighted by atomic mass is 16.5. The summed E-state index contributed by atoms with van der Waals surface area (Å²) in [7, 11) is 1.91. The summed E-state index contributed by atoms with van der Waals surface area (Å²) in [6.45, 7) is 3.61. The number of ether oxygens (including phenoxy) is 1. The number of aryl methyl sites for hydroxylation is 2. The average Bonchev–Trinajstić information content (AvgIpc) is 2.87. The third-order valence-corrected chi connectivity index (χ3v) is 3.14. The Morgan fingerprint density at radius 3 is 2.95 bits per heavy atom. The van der Waals surface area contributed by atoms with Gasteiger partial charge in [-0.1, -0.05) is 12.1 Å². The van der Waals surface area contributed by atoms with Gasteiger partial charge in [-0.3, -0.25) is 4.68 Å². The first-order valence-corrected chi connectivity index (χ1v) is 7.20. The summed E-state index contributed by atoms with van der Waals surface area (Å²) in [5.41, 5.74) is 2.20. The van der Waals surface area contributed by atoms with Crippen molar-refractivity contribution in [2.45, 2.75) is 19.4 Å². The molecule has 1 unspecified atom stereocenters. The van der Waals surface area contributed by atoms with Crippen LogP contribution in [0.4, 0.5) is 0 Å². The predicted molar refractivity (Wildman–Crippen MR) is 82.5 cm³/mol. The van der Waals surface area contributed by atoms with E-state index in [1.807, 2.05) is 50.5 Å². The van der Waals surface area contributed by atoms with E-state index in [9.17, 15) is 5.11 Å². The molecule has 1 aromatic carbocycles. The number of nitrogens with one attached hydrogen (secondary N) is 1. The van der Waals surface area contributed by atoms with Crippen LogP contribution in [0, 0.1) is 6.92 Å². The second kappa shape index (κ2) is 7.81. The Morgan fingerprint density at radius 2 is 2.24 bits per heavy atom. The van der Waals surface area contributed by atoms with Gasteiger partial charge in [0.2, 0.25) is 0 Å². The highest BCUT2D eigenvalue weighted by Crippen LogP contribution is 2.12. The number of aliphatic hydroxyl groups is 1. The third-order valence-electron chi connectivity index (χ3n) is 3.14. The molecule has 1 atom stereocenters. The third kappa shape index (κ3) is 5.57. The highest BCUT2D eigenvalue weighted by Gasteiger charge is 2.05. The molecule has 5 nitrogen and oxygen atoms in total. The van der Waals surface area contributed by atoms with Crippen molar-refractivity contribution >= 4 is 0 Å². The van der Waals surface area contributed by atoms with Crippen molar-refractivity contribution in [3.8, 4) is 5.75 Å². The molecule has 2 N–H and O–H groups in total. The van der Waals surface area contributed by atoms with Crippen LogP contribution in [0.5, 0.6) is 5.75 Å². The molecule has 2 rings (SSSR count). The summed E-state index contributed by atoms with van der Waals surface area (Å²) >= 11 is 0. The zero-order valence-electron chi connectivity index (χ0n) is 12.6. The van der Waals surface area contributed by atoms with Crippen LogP contribution in [0.25, 0.3) is 0 Å². The molecule has 114 valence electrons. The van der Waals surface area contributed by atoms with Crippen LogP contribution in [-0.4, -0.2) is 40.7 Å². The zero-order chi connectivity index (χ0) is 15.1. The Hall–Kier alpha value is -1.85. The monoisotopic (exact) mass is 289 g/mol. The van der Waals surface area contributed by atoms with E-state index in [2.05, 4.69) is 10.4 Å². The number of benzene rings is 1. The molecule has 0 aliphatic rings. The number of hydrogen-bond acceptors (Lipinski definition) is 4. The molecule has 0 aliphatic carbocycles. The van der Waals surface area contributed by atoms with E-state index < -0.39 is 6.10 Å². The minimum Gasteiger partial charge on any atom is -0.491 e. The number of hydrogen-bond donors (Lipinski definition) is 2. The second-order valence-corrected chi connectivity index (χ2v) is 5.22. The molecule has 0 saturated heterocycles. The van der Waals surface area contributed by atoms with Gasteiger partial charge in [0.15, 0.2) is 0 Å².